The number of carbonyl (C=O) groups is 1. The molecule has 1 atom stereocenters. The fourth-order valence-corrected chi connectivity index (χ4v) is 2.28. The molecule has 7 heteroatoms. The van der Waals surface area contributed by atoms with Crippen molar-refractivity contribution in [3.8, 4) is 0 Å². The molecule has 1 amide bonds. The highest BCUT2D eigenvalue weighted by molar-refractivity contribution is 5.96. The van der Waals surface area contributed by atoms with Gasteiger partial charge in [-0.25, -0.2) is 8.78 Å². The topological polar surface area (TPSA) is 20.3 Å². The molecule has 1 unspecified atom stereocenters. The Balaban J connectivity index is 2.34. The van der Waals surface area contributed by atoms with Crippen molar-refractivity contribution in [1.82, 2.24) is 4.90 Å². The third-order valence-corrected chi connectivity index (χ3v) is 3.79. The Morgan fingerprint density at radius 2 is 1.67 bits per heavy atom. The number of amides is 1. The van der Waals surface area contributed by atoms with Crippen molar-refractivity contribution in [2.45, 2.75) is 19.1 Å². The zero-order chi connectivity index (χ0) is 18.1. The summed E-state index contributed by atoms with van der Waals surface area (Å²) in [5.74, 6) is -2.99. The Morgan fingerprint density at radius 1 is 1.04 bits per heavy atom. The van der Waals surface area contributed by atoms with Crippen LogP contribution in [-0.4, -0.2) is 17.9 Å². The van der Waals surface area contributed by atoms with E-state index < -0.39 is 40.9 Å². The Kier molecular flexibility index (Phi) is 4.91. The first-order valence-corrected chi connectivity index (χ1v) is 7.01. The fourth-order valence-electron chi connectivity index (χ4n) is 2.28. The Bertz CT molecular complexity index is 757. The lowest BCUT2D eigenvalue weighted by Gasteiger charge is -2.26. The molecular weight excluding hydrogens is 329 g/mol. The van der Waals surface area contributed by atoms with Crippen LogP contribution in [0.15, 0.2) is 42.5 Å². The van der Waals surface area contributed by atoms with Gasteiger partial charge >= 0.3 is 6.18 Å². The number of rotatable bonds is 3. The molecule has 0 fully saturated rings. The molecule has 0 bridgehead atoms. The molecule has 2 nitrogen and oxygen atoms in total. The minimum absolute atomic E-state index is 0.272. The molecule has 0 aliphatic rings. The second kappa shape index (κ2) is 6.59. The summed E-state index contributed by atoms with van der Waals surface area (Å²) in [7, 11) is 1.31. The highest BCUT2D eigenvalue weighted by atomic mass is 19.4. The van der Waals surface area contributed by atoms with E-state index in [0.29, 0.717) is 0 Å². The molecule has 2 aromatic carbocycles. The summed E-state index contributed by atoms with van der Waals surface area (Å²) < 4.78 is 65.4. The second-order valence-corrected chi connectivity index (χ2v) is 5.31. The Labute approximate surface area is 135 Å². The molecule has 0 radical (unpaired) electrons. The predicted molar refractivity (Wildman–Crippen MR) is 78.3 cm³/mol. The van der Waals surface area contributed by atoms with Crippen LogP contribution < -0.4 is 0 Å². The van der Waals surface area contributed by atoms with Crippen molar-refractivity contribution in [2.75, 3.05) is 7.05 Å². The van der Waals surface area contributed by atoms with Gasteiger partial charge in [-0.05, 0) is 36.8 Å². The quantitative estimate of drug-likeness (QED) is 0.732. The van der Waals surface area contributed by atoms with Crippen LogP contribution in [0.1, 0.15) is 34.5 Å². The molecule has 0 N–H and O–H groups in total. The van der Waals surface area contributed by atoms with E-state index in [1.807, 2.05) is 0 Å². The lowest BCUT2D eigenvalue weighted by atomic mass is 10.0. The number of hydrogen-bond acceptors (Lipinski definition) is 1. The van der Waals surface area contributed by atoms with E-state index in [9.17, 15) is 26.7 Å². The third kappa shape index (κ3) is 3.55. The van der Waals surface area contributed by atoms with E-state index >= 15 is 0 Å². The first-order chi connectivity index (χ1) is 11.1. The lowest BCUT2D eigenvalue weighted by Crippen LogP contribution is -2.31. The van der Waals surface area contributed by atoms with Gasteiger partial charge in [0.05, 0.1) is 17.2 Å². The number of alkyl halides is 3. The highest BCUT2D eigenvalue weighted by Crippen LogP contribution is 2.33. The molecule has 0 aliphatic carbocycles. The van der Waals surface area contributed by atoms with Crippen LogP contribution in [0, 0.1) is 11.6 Å². The molecule has 2 rings (SSSR count). The van der Waals surface area contributed by atoms with Crippen molar-refractivity contribution in [3.63, 3.8) is 0 Å². The number of carbonyl (C=O) groups excluding carboxylic acids is 1. The molecule has 0 heterocycles. The van der Waals surface area contributed by atoms with Crippen LogP contribution in [0.4, 0.5) is 22.0 Å². The van der Waals surface area contributed by atoms with Crippen molar-refractivity contribution in [3.05, 3.63) is 70.8 Å². The largest absolute Gasteiger partial charge is 0.417 e. The molecule has 0 saturated heterocycles. The first-order valence-electron chi connectivity index (χ1n) is 7.01. The Morgan fingerprint density at radius 3 is 2.25 bits per heavy atom. The van der Waals surface area contributed by atoms with E-state index in [4.69, 9.17) is 0 Å². The maximum Gasteiger partial charge on any atom is 0.417 e. The molecule has 2 aromatic rings. The average Bonchev–Trinajstić information content (AvgIpc) is 2.54. The summed E-state index contributed by atoms with van der Waals surface area (Å²) in [5.41, 5.74) is -1.27. The normalized spacial score (nSPS) is 12.8. The molecule has 0 spiro atoms. The van der Waals surface area contributed by atoms with Gasteiger partial charge in [-0.2, -0.15) is 13.2 Å². The van der Waals surface area contributed by atoms with Gasteiger partial charge in [0.15, 0.2) is 11.6 Å². The zero-order valence-electron chi connectivity index (χ0n) is 12.9. The van der Waals surface area contributed by atoms with Crippen LogP contribution in [0.3, 0.4) is 0 Å². The van der Waals surface area contributed by atoms with E-state index in [1.54, 1.807) is 0 Å². The van der Waals surface area contributed by atoms with Gasteiger partial charge in [-0.3, -0.25) is 4.79 Å². The number of hydrogen-bond donors (Lipinski definition) is 0. The van der Waals surface area contributed by atoms with E-state index in [-0.39, 0.29) is 5.56 Å². The molecule has 0 saturated carbocycles. The summed E-state index contributed by atoms with van der Waals surface area (Å²) in [4.78, 5) is 13.5. The van der Waals surface area contributed by atoms with E-state index in [2.05, 4.69) is 0 Å². The van der Waals surface area contributed by atoms with Gasteiger partial charge in [-0.1, -0.05) is 18.2 Å². The molecule has 0 aliphatic heterocycles. The van der Waals surface area contributed by atoms with Gasteiger partial charge in [-0.15, -0.1) is 0 Å². The number of benzene rings is 2. The summed E-state index contributed by atoms with van der Waals surface area (Å²) in [6, 6.07) is 6.79. The molecular formula is C17H14F5NO. The third-order valence-electron chi connectivity index (χ3n) is 3.79. The summed E-state index contributed by atoms with van der Waals surface area (Å²) in [6.07, 6.45) is -4.67. The molecule has 128 valence electrons. The van der Waals surface area contributed by atoms with Crippen LogP contribution >= 0.6 is 0 Å². The minimum atomic E-state index is -4.67. The van der Waals surface area contributed by atoms with Crippen molar-refractivity contribution in [1.29, 1.82) is 0 Å². The summed E-state index contributed by atoms with van der Waals surface area (Å²) >= 11 is 0. The number of nitrogens with zero attached hydrogens (tertiary/aromatic N) is 1. The second-order valence-electron chi connectivity index (χ2n) is 5.31. The molecule has 0 aromatic heterocycles. The zero-order valence-corrected chi connectivity index (χ0v) is 12.9. The SMILES string of the molecule is CC(c1ccc(F)c(F)c1)N(C)C(=O)c1ccccc1C(F)(F)F. The van der Waals surface area contributed by atoms with Crippen LogP contribution in [0.2, 0.25) is 0 Å². The van der Waals surface area contributed by atoms with Gasteiger partial charge in [0.2, 0.25) is 0 Å². The van der Waals surface area contributed by atoms with Crippen molar-refractivity contribution >= 4 is 5.91 Å². The monoisotopic (exact) mass is 343 g/mol. The maximum absolute atomic E-state index is 13.3. The van der Waals surface area contributed by atoms with Gasteiger partial charge < -0.3 is 4.90 Å². The van der Waals surface area contributed by atoms with Gasteiger partial charge in [0.1, 0.15) is 0 Å². The summed E-state index contributed by atoms with van der Waals surface area (Å²) in [6.45, 7) is 1.51. The lowest BCUT2D eigenvalue weighted by molar-refractivity contribution is -0.138. The van der Waals surface area contributed by atoms with Crippen LogP contribution in [-0.2, 0) is 6.18 Å². The van der Waals surface area contributed by atoms with Crippen molar-refractivity contribution < 1.29 is 26.7 Å². The maximum atomic E-state index is 13.3. The summed E-state index contributed by atoms with van der Waals surface area (Å²) in [5, 5.41) is 0. The minimum Gasteiger partial charge on any atom is -0.335 e. The number of halogens is 5. The Hall–Kier alpha value is -2.44. The average molecular weight is 343 g/mol. The predicted octanol–water partition coefficient (Wildman–Crippen LogP) is 4.82. The fraction of sp³-hybridized carbons (Fsp3) is 0.235. The van der Waals surface area contributed by atoms with E-state index in [0.717, 1.165) is 29.2 Å². The van der Waals surface area contributed by atoms with Gasteiger partial charge in [0, 0.05) is 7.05 Å². The standard InChI is InChI=1S/C17H14F5NO/c1-10(11-7-8-14(18)15(19)9-11)23(2)16(24)12-5-3-4-6-13(12)17(20,21)22/h3-10H,1-2H3. The highest BCUT2D eigenvalue weighted by Gasteiger charge is 2.36. The van der Waals surface area contributed by atoms with Crippen molar-refractivity contribution in [2.24, 2.45) is 0 Å². The molecule has 24 heavy (non-hydrogen) atoms. The van der Waals surface area contributed by atoms with E-state index in [1.165, 1.54) is 32.2 Å². The van der Waals surface area contributed by atoms with Gasteiger partial charge in [0.25, 0.3) is 5.91 Å². The smallest absolute Gasteiger partial charge is 0.335 e. The first kappa shape index (κ1) is 17.9. The van der Waals surface area contributed by atoms with Crippen LogP contribution in [0.25, 0.3) is 0 Å². The van der Waals surface area contributed by atoms with Crippen LogP contribution in [0.5, 0.6) is 0 Å².